The fraction of sp³-hybridized carbons (Fsp3) is 0.214. The van der Waals surface area contributed by atoms with Gasteiger partial charge in [0.2, 0.25) is 0 Å². The van der Waals surface area contributed by atoms with Gasteiger partial charge in [0.1, 0.15) is 0 Å². The van der Waals surface area contributed by atoms with E-state index in [9.17, 15) is 0 Å². The van der Waals surface area contributed by atoms with Crippen LogP contribution < -0.4 is 0 Å². The van der Waals surface area contributed by atoms with Crippen molar-refractivity contribution in [3.8, 4) is 0 Å². The molecule has 1 unspecified atom stereocenters. The van der Waals surface area contributed by atoms with Crippen molar-refractivity contribution in [2.24, 2.45) is 0 Å². The number of methoxy groups -OCH3 is 1. The lowest BCUT2D eigenvalue weighted by Crippen LogP contribution is -1.94. The van der Waals surface area contributed by atoms with E-state index in [4.69, 9.17) is 4.74 Å². The third-order valence-corrected chi connectivity index (χ3v) is 8.19. The lowest BCUT2D eigenvalue weighted by Gasteiger charge is -2.11. The molecule has 6 rings (SSSR count). The van der Waals surface area contributed by atoms with E-state index < -0.39 is 0 Å². The number of hydrogen-bond donors (Lipinski definition) is 0. The van der Waals surface area contributed by atoms with E-state index in [2.05, 4.69) is 94.8 Å². The van der Waals surface area contributed by atoms with E-state index in [-0.39, 0.29) is 0 Å². The van der Waals surface area contributed by atoms with E-state index in [1.807, 2.05) is 11.8 Å². The zero-order valence-corrected chi connectivity index (χ0v) is 20.0. The fourth-order valence-corrected chi connectivity index (χ4v) is 6.41. The van der Waals surface area contributed by atoms with Gasteiger partial charge in [-0.2, -0.15) is 0 Å². The van der Waals surface area contributed by atoms with Crippen molar-refractivity contribution in [1.29, 1.82) is 0 Å². The summed E-state index contributed by atoms with van der Waals surface area (Å²) in [5.41, 5.74) is 8.51. The molecule has 0 saturated carbocycles. The van der Waals surface area contributed by atoms with Crippen molar-refractivity contribution in [2.75, 3.05) is 7.11 Å². The van der Waals surface area contributed by atoms with Crippen molar-refractivity contribution in [3.05, 3.63) is 105 Å². The maximum Gasteiger partial charge on any atom is 0.0827 e. The Bertz CT molecular complexity index is 1120. The van der Waals surface area contributed by atoms with E-state index >= 15 is 0 Å². The minimum absolute atomic E-state index is 0.317. The lowest BCUT2D eigenvalue weighted by atomic mass is 10.1. The van der Waals surface area contributed by atoms with Gasteiger partial charge in [-0.05, 0) is 77.3 Å². The molecule has 31 heavy (non-hydrogen) atoms. The predicted molar refractivity (Wildman–Crippen MR) is 135 cm³/mol. The first kappa shape index (κ1) is 20.8. The first-order chi connectivity index (χ1) is 15.2. The van der Waals surface area contributed by atoms with Crippen LogP contribution in [0, 0.1) is 0 Å². The summed E-state index contributed by atoms with van der Waals surface area (Å²) in [6.07, 6.45) is 13.7. The van der Waals surface area contributed by atoms with E-state index in [1.165, 1.54) is 47.6 Å². The minimum atomic E-state index is 0.317. The normalized spacial score (nSPS) is 17.2. The third-order valence-electron chi connectivity index (χ3n) is 6.24. The van der Waals surface area contributed by atoms with Crippen molar-refractivity contribution in [3.63, 3.8) is 0 Å². The average molecular weight is 489 g/mol. The van der Waals surface area contributed by atoms with Crippen molar-refractivity contribution < 1.29 is 4.74 Å². The molecular weight excluding hydrogens is 464 g/mol. The van der Waals surface area contributed by atoms with Gasteiger partial charge in [0, 0.05) is 21.4 Å². The molecule has 3 aliphatic carbocycles. The number of fused-ring (bicyclic) bond motifs is 3. The van der Waals surface area contributed by atoms with Crippen molar-refractivity contribution in [1.82, 2.24) is 0 Å². The van der Waals surface area contributed by atoms with Gasteiger partial charge >= 0.3 is 0 Å². The Labute approximate surface area is 197 Å². The standard InChI is InChI=1S/C18H14S.C10H11BrO/c1-5-13-7-3-11-17(15(13)9-1)19-18-12-4-8-14-6-2-10-16(14)18;1-12-10-6-5-7-8(10)3-2-4-9(7)11/h1-8,11-12H,9-10H2;2-4,10H,5-6H2,1H3. The van der Waals surface area contributed by atoms with Gasteiger partial charge in [-0.1, -0.05) is 88.4 Å². The third kappa shape index (κ3) is 4.19. The first-order valence-electron chi connectivity index (χ1n) is 10.8. The number of allylic oxidation sites excluding steroid dienone is 2. The van der Waals surface area contributed by atoms with Crippen LogP contribution in [0.25, 0.3) is 12.2 Å². The highest BCUT2D eigenvalue weighted by Gasteiger charge is 2.23. The second kappa shape index (κ2) is 9.20. The van der Waals surface area contributed by atoms with Crippen LogP contribution in [-0.2, 0) is 24.0 Å². The van der Waals surface area contributed by atoms with Crippen molar-refractivity contribution >= 4 is 39.8 Å². The molecule has 0 spiro atoms. The van der Waals surface area contributed by atoms with Gasteiger partial charge in [0.15, 0.2) is 0 Å². The van der Waals surface area contributed by atoms with E-state index in [1.54, 1.807) is 7.11 Å². The van der Waals surface area contributed by atoms with Crippen LogP contribution in [0.1, 0.15) is 45.9 Å². The molecule has 3 heteroatoms. The largest absolute Gasteiger partial charge is 0.377 e. The number of hydrogen-bond acceptors (Lipinski definition) is 2. The van der Waals surface area contributed by atoms with Gasteiger partial charge < -0.3 is 4.74 Å². The van der Waals surface area contributed by atoms with Crippen LogP contribution in [0.15, 0.2) is 81.0 Å². The summed E-state index contributed by atoms with van der Waals surface area (Å²) in [7, 11) is 1.78. The second-order valence-corrected chi connectivity index (χ2v) is 9.97. The summed E-state index contributed by atoms with van der Waals surface area (Å²) in [5, 5.41) is 0. The van der Waals surface area contributed by atoms with Crippen LogP contribution >= 0.6 is 27.7 Å². The monoisotopic (exact) mass is 488 g/mol. The maximum atomic E-state index is 5.37. The molecule has 0 heterocycles. The Morgan fingerprint density at radius 3 is 2.03 bits per heavy atom. The van der Waals surface area contributed by atoms with Gasteiger partial charge in [0.25, 0.3) is 0 Å². The average Bonchev–Trinajstić information content (AvgIpc) is 3.54. The van der Waals surface area contributed by atoms with E-state index in [0.717, 1.165) is 25.7 Å². The molecule has 3 aliphatic rings. The SMILES string of the molecule is C1=Cc2cccc(Sc3cccc4c3CC=C4)c2C1.COC1CCc2c(Br)cccc21. The molecule has 156 valence electrons. The molecule has 0 amide bonds. The highest BCUT2D eigenvalue weighted by atomic mass is 79.9. The first-order valence-corrected chi connectivity index (χ1v) is 12.4. The second-order valence-electron chi connectivity index (χ2n) is 8.03. The predicted octanol–water partition coefficient (Wildman–Crippen LogP) is 8.06. The van der Waals surface area contributed by atoms with Gasteiger partial charge in [0.05, 0.1) is 6.10 Å². The highest BCUT2D eigenvalue weighted by molar-refractivity contribution is 9.10. The molecule has 0 radical (unpaired) electrons. The summed E-state index contributed by atoms with van der Waals surface area (Å²) in [6, 6.07) is 19.6. The molecule has 3 aromatic carbocycles. The summed E-state index contributed by atoms with van der Waals surface area (Å²) >= 11 is 5.47. The van der Waals surface area contributed by atoms with Crippen LogP contribution in [0.4, 0.5) is 0 Å². The van der Waals surface area contributed by atoms with E-state index in [0.29, 0.717) is 6.10 Å². The van der Waals surface area contributed by atoms with Gasteiger partial charge in [-0.3, -0.25) is 0 Å². The molecule has 3 aromatic rings. The van der Waals surface area contributed by atoms with Crippen LogP contribution in [0.3, 0.4) is 0 Å². The minimum Gasteiger partial charge on any atom is -0.377 e. The molecule has 0 bridgehead atoms. The number of ether oxygens (including phenoxy) is 1. The molecule has 0 fully saturated rings. The van der Waals surface area contributed by atoms with Gasteiger partial charge in [-0.15, -0.1) is 0 Å². The Morgan fingerprint density at radius 2 is 1.42 bits per heavy atom. The molecule has 1 atom stereocenters. The summed E-state index contributed by atoms with van der Waals surface area (Å²) in [5.74, 6) is 0. The Hall–Kier alpha value is -2.07. The summed E-state index contributed by atoms with van der Waals surface area (Å²) < 4.78 is 6.59. The number of benzene rings is 3. The molecule has 1 nitrogen and oxygen atoms in total. The molecule has 0 aromatic heterocycles. The van der Waals surface area contributed by atoms with Crippen LogP contribution in [-0.4, -0.2) is 7.11 Å². The molecular formula is C28H25BrOS. The number of rotatable bonds is 3. The summed E-state index contributed by atoms with van der Waals surface area (Å²) in [6.45, 7) is 0. The maximum absolute atomic E-state index is 5.37. The molecule has 0 N–H and O–H groups in total. The van der Waals surface area contributed by atoms with Crippen LogP contribution in [0.5, 0.6) is 0 Å². The molecule has 0 aliphatic heterocycles. The Morgan fingerprint density at radius 1 is 0.806 bits per heavy atom. The molecule has 0 saturated heterocycles. The topological polar surface area (TPSA) is 9.23 Å². The highest BCUT2D eigenvalue weighted by Crippen LogP contribution is 2.39. The van der Waals surface area contributed by atoms with Crippen LogP contribution in [0.2, 0.25) is 0 Å². The quantitative estimate of drug-likeness (QED) is 0.368. The lowest BCUT2D eigenvalue weighted by molar-refractivity contribution is 0.105. The number of halogens is 1. The Balaban J connectivity index is 0.000000147. The van der Waals surface area contributed by atoms with Crippen molar-refractivity contribution in [2.45, 2.75) is 41.6 Å². The summed E-state index contributed by atoms with van der Waals surface area (Å²) in [4.78, 5) is 2.81. The Kier molecular flexibility index (Phi) is 6.17. The van der Waals surface area contributed by atoms with Gasteiger partial charge in [-0.25, -0.2) is 0 Å². The smallest absolute Gasteiger partial charge is 0.0827 e. The zero-order chi connectivity index (χ0) is 21.2. The fourth-order valence-electron chi connectivity index (χ4n) is 4.65. The zero-order valence-electron chi connectivity index (χ0n) is 17.6.